The first kappa shape index (κ1) is 16.5. The highest BCUT2D eigenvalue weighted by atomic mass is 35.5. The third-order valence-electron chi connectivity index (χ3n) is 1.75. The molecule has 0 aliphatic carbocycles. The quantitative estimate of drug-likeness (QED) is 0.703. The van der Waals surface area contributed by atoms with Crippen molar-refractivity contribution in [2.24, 2.45) is 5.73 Å². The number of nitrogen functional groups attached to an aromatic ring is 1. The molecule has 0 heterocycles. The Kier molecular flexibility index (Phi) is 8.05. The van der Waals surface area contributed by atoms with E-state index in [1.807, 2.05) is 0 Å². The van der Waals surface area contributed by atoms with Crippen LogP contribution in [0, 0.1) is 0 Å². The zero-order valence-corrected chi connectivity index (χ0v) is 9.55. The topological polar surface area (TPSA) is 89.3 Å². The van der Waals surface area contributed by atoms with Crippen molar-refractivity contribution in [3.8, 4) is 0 Å². The van der Waals surface area contributed by atoms with Crippen LogP contribution >= 0.6 is 24.8 Å². The summed E-state index contributed by atoms with van der Waals surface area (Å²) in [7, 11) is 0. The first-order chi connectivity index (χ1) is 6.09. The minimum absolute atomic E-state index is 0. The lowest BCUT2D eigenvalue weighted by molar-refractivity contribution is -0.138. The van der Waals surface area contributed by atoms with E-state index in [0.717, 1.165) is 5.56 Å². The van der Waals surface area contributed by atoms with Crippen molar-refractivity contribution >= 4 is 36.5 Å². The number of nitrogens with two attached hydrogens (primary N) is 2. The maximum absolute atomic E-state index is 10.4. The van der Waals surface area contributed by atoms with Crippen LogP contribution < -0.4 is 11.5 Å². The van der Waals surface area contributed by atoms with E-state index in [0.29, 0.717) is 12.1 Å². The highest BCUT2D eigenvalue weighted by Gasteiger charge is 2.11. The van der Waals surface area contributed by atoms with E-state index in [9.17, 15) is 4.79 Å². The second kappa shape index (κ2) is 7.34. The first-order valence-corrected chi connectivity index (χ1v) is 3.92. The van der Waals surface area contributed by atoms with Crippen LogP contribution in [-0.2, 0) is 11.2 Å². The van der Waals surface area contributed by atoms with Gasteiger partial charge in [-0.2, -0.15) is 0 Å². The number of halogens is 2. The monoisotopic (exact) mass is 252 g/mol. The molecule has 0 spiro atoms. The van der Waals surface area contributed by atoms with Crippen molar-refractivity contribution in [1.29, 1.82) is 0 Å². The van der Waals surface area contributed by atoms with E-state index in [4.69, 9.17) is 16.6 Å². The van der Waals surface area contributed by atoms with E-state index in [2.05, 4.69) is 0 Å². The number of aliphatic carboxylic acids is 1. The van der Waals surface area contributed by atoms with Gasteiger partial charge in [0.1, 0.15) is 6.04 Å². The fourth-order valence-corrected chi connectivity index (χ4v) is 0.995. The van der Waals surface area contributed by atoms with E-state index < -0.39 is 12.0 Å². The predicted octanol–water partition coefficient (Wildman–Crippen LogP) is 1.07. The molecular formula is C9H14Cl2N2O2. The lowest BCUT2D eigenvalue weighted by atomic mass is 10.1. The maximum atomic E-state index is 10.4. The van der Waals surface area contributed by atoms with E-state index >= 15 is 0 Å². The molecule has 0 fully saturated rings. The van der Waals surface area contributed by atoms with Crippen LogP contribution in [0.3, 0.4) is 0 Å². The zero-order valence-electron chi connectivity index (χ0n) is 7.92. The minimum Gasteiger partial charge on any atom is -0.480 e. The van der Waals surface area contributed by atoms with Gasteiger partial charge in [-0.3, -0.25) is 4.79 Å². The van der Waals surface area contributed by atoms with Crippen LogP contribution in [0.1, 0.15) is 5.56 Å². The largest absolute Gasteiger partial charge is 0.480 e. The highest BCUT2D eigenvalue weighted by Crippen LogP contribution is 2.07. The predicted molar refractivity (Wildman–Crippen MR) is 64.7 cm³/mol. The number of rotatable bonds is 3. The molecule has 5 N–H and O–H groups in total. The van der Waals surface area contributed by atoms with Crippen LogP contribution in [0.5, 0.6) is 0 Å². The number of hydrogen-bond acceptors (Lipinski definition) is 3. The summed E-state index contributed by atoms with van der Waals surface area (Å²) < 4.78 is 0. The molecule has 0 radical (unpaired) electrons. The smallest absolute Gasteiger partial charge is 0.320 e. The molecule has 1 aromatic rings. The molecule has 0 bridgehead atoms. The number of carboxylic acids is 1. The summed E-state index contributed by atoms with van der Waals surface area (Å²) in [6, 6.07) is 6.16. The molecule has 6 heteroatoms. The Hall–Kier alpha value is -0.970. The Balaban J connectivity index is 0. The zero-order chi connectivity index (χ0) is 9.84. The van der Waals surface area contributed by atoms with Gasteiger partial charge in [0.2, 0.25) is 0 Å². The van der Waals surface area contributed by atoms with Crippen molar-refractivity contribution < 1.29 is 9.90 Å². The standard InChI is InChI=1S/C9H12N2O2.2ClH/c10-7-3-1-6(2-4-7)5-8(11)9(12)13;;/h1-4,8H,5,10-11H2,(H,12,13);2*1H. The molecule has 86 valence electrons. The van der Waals surface area contributed by atoms with Gasteiger partial charge in [0.05, 0.1) is 0 Å². The van der Waals surface area contributed by atoms with Gasteiger partial charge in [-0.1, -0.05) is 12.1 Å². The molecule has 1 rings (SSSR count). The van der Waals surface area contributed by atoms with Crippen LogP contribution in [0.25, 0.3) is 0 Å². The molecule has 0 saturated heterocycles. The van der Waals surface area contributed by atoms with Crippen LogP contribution in [0.4, 0.5) is 5.69 Å². The van der Waals surface area contributed by atoms with Gasteiger partial charge >= 0.3 is 5.97 Å². The van der Waals surface area contributed by atoms with Crippen molar-refractivity contribution in [2.45, 2.75) is 12.5 Å². The summed E-state index contributed by atoms with van der Waals surface area (Å²) >= 11 is 0. The Morgan fingerprint density at radius 1 is 1.27 bits per heavy atom. The summed E-state index contributed by atoms with van der Waals surface area (Å²) in [4.78, 5) is 10.4. The summed E-state index contributed by atoms with van der Waals surface area (Å²) in [6.07, 6.45) is 0.329. The van der Waals surface area contributed by atoms with Crippen molar-refractivity contribution in [2.75, 3.05) is 5.73 Å². The minimum atomic E-state index is -0.989. The lowest BCUT2D eigenvalue weighted by Crippen LogP contribution is -2.32. The van der Waals surface area contributed by atoms with Gasteiger partial charge in [-0.15, -0.1) is 24.8 Å². The van der Waals surface area contributed by atoms with E-state index in [1.54, 1.807) is 24.3 Å². The Labute approximate surface area is 100 Å². The molecule has 0 aliphatic rings. The molecule has 1 unspecified atom stereocenters. The molecule has 0 amide bonds. The number of carbonyl (C=O) groups is 1. The molecule has 1 aromatic carbocycles. The molecule has 1 atom stereocenters. The van der Waals surface area contributed by atoms with Gasteiger partial charge in [0, 0.05) is 5.69 Å². The molecular weight excluding hydrogens is 239 g/mol. The third kappa shape index (κ3) is 5.47. The highest BCUT2D eigenvalue weighted by molar-refractivity contribution is 5.85. The summed E-state index contributed by atoms with van der Waals surface area (Å²) in [5, 5.41) is 8.55. The fraction of sp³-hybridized carbons (Fsp3) is 0.222. The van der Waals surface area contributed by atoms with Gasteiger partial charge < -0.3 is 16.6 Å². The average molecular weight is 253 g/mol. The fourth-order valence-electron chi connectivity index (χ4n) is 0.995. The average Bonchev–Trinajstić information content (AvgIpc) is 2.08. The number of benzene rings is 1. The van der Waals surface area contributed by atoms with Gasteiger partial charge in [0.15, 0.2) is 0 Å². The second-order valence-electron chi connectivity index (χ2n) is 2.89. The van der Waals surface area contributed by atoms with Crippen LogP contribution in [0.15, 0.2) is 24.3 Å². The van der Waals surface area contributed by atoms with E-state index in [1.165, 1.54) is 0 Å². The van der Waals surface area contributed by atoms with Gasteiger partial charge in [0.25, 0.3) is 0 Å². The van der Waals surface area contributed by atoms with E-state index in [-0.39, 0.29) is 24.8 Å². The van der Waals surface area contributed by atoms with Crippen LogP contribution in [0.2, 0.25) is 0 Å². The van der Waals surface area contributed by atoms with Gasteiger partial charge in [-0.25, -0.2) is 0 Å². The number of anilines is 1. The molecule has 15 heavy (non-hydrogen) atoms. The summed E-state index contributed by atoms with van der Waals surface area (Å²) in [5.74, 6) is -0.989. The second-order valence-corrected chi connectivity index (χ2v) is 2.89. The number of carboxylic acid groups (broad SMARTS) is 1. The SMILES string of the molecule is Cl.Cl.Nc1ccc(CC(N)C(=O)O)cc1. The first-order valence-electron chi connectivity index (χ1n) is 3.92. The molecule has 4 nitrogen and oxygen atoms in total. The maximum Gasteiger partial charge on any atom is 0.320 e. The summed E-state index contributed by atoms with van der Waals surface area (Å²) in [6.45, 7) is 0. The number of hydrogen-bond donors (Lipinski definition) is 3. The Morgan fingerprint density at radius 3 is 2.13 bits per heavy atom. The van der Waals surface area contributed by atoms with Crippen molar-refractivity contribution in [3.63, 3.8) is 0 Å². The normalized spacial score (nSPS) is 10.7. The Bertz CT molecular complexity index is 303. The van der Waals surface area contributed by atoms with Gasteiger partial charge in [-0.05, 0) is 24.1 Å². The molecule has 0 aromatic heterocycles. The molecule has 0 aliphatic heterocycles. The third-order valence-corrected chi connectivity index (χ3v) is 1.75. The summed E-state index contributed by atoms with van der Waals surface area (Å²) in [5.41, 5.74) is 12.4. The molecule has 0 saturated carbocycles. The van der Waals surface area contributed by atoms with Crippen LogP contribution in [-0.4, -0.2) is 17.1 Å². The van der Waals surface area contributed by atoms with Crippen molar-refractivity contribution in [1.82, 2.24) is 0 Å². The van der Waals surface area contributed by atoms with Crippen molar-refractivity contribution in [3.05, 3.63) is 29.8 Å². The lowest BCUT2D eigenvalue weighted by Gasteiger charge is -2.05. The Morgan fingerprint density at radius 2 is 1.73 bits per heavy atom.